The first-order valence-electron chi connectivity index (χ1n) is 5.47. The smallest absolute Gasteiger partial charge is 0.133 e. The van der Waals surface area contributed by atoms with Crippen molar-refractivity contribution in [2.45, 2.75) is 59.5 Å². The van der Waals surface area contributed by atoms with Crippen molar-refractivity contribution in [3.8, 4) is 0 Å². The van der Waals surface area contributed by atoms with E-state index in [0.717, 1.165) is 6.42 Å². The zero-order chi connectivity index (χ0) is 11.2. The topological polar surface area (TPSA) is 26.3 Å². The summed E-state index contributed by atoms with van der Waals surface area (Å²) in [5.41, 5.74) is -0.0822. The quantitative estimate of drug-likeness (QED) is 0.615. The normalized spacial score (nSPS) is 12.1. The van der Waals surface area contributed by atoms with Crippen LogP contribution in [0.25, 0.3) is 0 Å². The van der Waals surface area contributed by atoms with Gasteiger partial charge in [-0.25, -0.2) is 0 Å². The van der Waals surface area contributed by atoms with Crippen LogP contribution in [-0.4, -0.2) is 18.0 Å². The molecule has 0 aromatic heterocycles. The van der Waals surface area contributed by atoms with Crippen LogP contribution in [-0.2, 0) is 9.53 Å². The fraction of sp³-hybridized carbons (Fsp3) is 0.917. The van der Waals surface area contributed by atoms with Gasteiger partial charge in [-0.2, -0.15) is 0 Å². The highest BCUT2D eigenvalue weighted by Gasteiger charge is 2.10. The van der Waals surface area contributed by atoms with E-state index >= 15 is 0 Å². The van der Waals surface area contributed by atoms with Crippen LogP contribution in [0.4, 0.5) is 0 Å². The summed E-state index contributed by atoms with van der Waals surface area (Å²) in [5, 5.41) is 0. The SMILES string of the molecule is CC(C)CC(=O)CCCOC(C)(C)C. The van der Waals surface area contributed by atoms with Crippen LogP contribution in [0.1, 0.15) is 53.9 Å². The molecule has 0 saturated heterocycles. The molecule has 0 unspecified atom stereocenters. The molecular weight excluding hydrogens is 176 g/mol. The number of ketones is 1. The molecule has 84 valence electrons. The second-order valence-corrected chi connectivity index (χ2v) is 5.20. The van der Waals surface area contributed by atoms with Crippen molar-refractivity contribution < 1.29 is 9.53 Å². The summed E-state index contributed by atoms with van der Waals surface area (Å²) in [5.74, 6) is 0.837. The summed E-state index contributed by atoms with van der Waals surface area (Å²) < 4.78 is 5.53. The van der Waals surface area contributed by atoms with Gasteiger partial charge in [0.25, 0.3) is 0 Å². The van der Waals surface area contributed by atoms with E-state index in [1.165, 1.54) is 0 Å². The lowest BCUT2D eigenvalue weighted by molar-refractivity contribution is -0.120. The Morgan fingerprint density at radius 2 is 1.86 bits per heavy atom. The molecule has 2 nitrogen and oxygen atoms in total. The summed E-state index contributed by atoms with van der Waals surface area (Å²) in [4.78, 5) is 11.3. The third-order valence-electron chi connectivity index (χ3n) is 1.77. The molecule has 14 heavy (non-hydrogen) atoms. The highest BCUT2D eigenvalue weighted by molar-refractivity contribution is 5.78. The van der Waals surface area contributed by atoms with Crippen molar-refractivity contribution in [1.82, 2.24) is 0 Å². The third kappa shape index (κ3) is 9.72. The lowest BCUT2D eigenvalue weighted by atomic mass is 10.0. The number of ether oxygens (including phenoxy) is 1. The minimum atomic E-state index is -0.0822. The molecule has 0 aliphatic heterocycles. The molecular formula is C12H24O2. The van der Waals surface area contributed by atoms with Gasteiger partial charge in [-0.3, -0.25) is 4.79 Å². The molecule has 0 bridgehead atoms. The molecule has 0 radical (unpaired) electrons. The molecule has 0 spiro atoms. The van der Waals surface area contributed by atoms with Gasteiger partial charge >= 0.3 is 0 Å². The number of carbonyl (C=O) groups excluding carboxylic acids is 1. The molecule has 0 atom stereocenters. The van der Waals surface area contributed by atoms with Gasteiger partial charge in [0.05, 0.1) is 5.60 Å². The van der Waals surface area contributed by atoms with Crippen molar-refractivity contribution in [3.05, 3.63) is 0 Å². The van der Waals surface area contributed by atoms with Crippen LogP contribution in [0.15, 0.2) is 0 Å². The van der Waals surface area contributed by atoms with E-state index in [9.17, 15) is 4.79 Å². The predicted molar refractivity (Wildman–Crippen MR) is 59.4 cm³/mol. The minimum absolute atomic E-state index is 0.0822. The van der Waals surface area contributed by atoms with Gasteiger partial charge in [0.2, 0.25) is 0 Å². The summed E-state index contributed by atoms with van der Waals surface area (Å²) in [7, 11) is 0. The first kappa shape index (κ1) is 13.6. The maximum atomic E-state index is 11.3. The van der Waals surface area contributed by atoms with Crippen molar-refractivity contribution in [2.75, 3.05) is 6.61 Å². The van der Waals surface area contributed by atoms with Crippen LogP contribution in [0, 0.1) is 5.92 Å². The standard InChI is InChI=1S/C12H24O2/c1-10(2)9-11(13)7-6-8-14-12(3,4)5/h10H,6-9H2,1-5H3. The monoisotopic (exact) mass is 200 g/mol. The number of hydrogen-bond donors (Lipinski definition) is 0. The molecule has 0 N–H and O–H groups in total. The first-order valence-corrected chi connectivity index (χ1v) is 5.47. The molecule has 2 heteroatoms. The minimum Gasteiger partial charge on any atom is -0.376 e. The zero-order valence-corrected chi connectivity index (χ0v) is 10.2. The Balaban J connectivity index is 3.41. The second-order valence-electron chi connectivity index (χ2n) is 5.20. The van der Waals surface area contributed by atoms with Crippen LogP contribution in [0.2, 0.25) is 0 Å². The van der Waals surface area contributed by atoms with Gasteiger partial charge in [0.1, 0.15) is 5.78 Å². The number of carbonyl (C=O) groups is 1. The summed E-state index contributed by atoms with van der Waals surface area (Å²) in [6.07, 6.45) is 2.21. The van der Waals surface area contributed by atoms with E-state index in [4.69, 9.17) is 4.74 Å². The van der Waals surface area contributed by atoms with E-state index in [-0.39, 0.29) is 5.60 Å². The Labute approximate surface area is 88.0 Å². The molecule has 0 aliphatic rings. The van der Waals surface area contributed by atoms with E-state index in [2.05, 4.69) is 13.8 Å². The Morgan fingerprint density at radius 1 is 1.29 bits per heavy atom. The second kappa shape index (κ2) is 6.18. The number of Topliss-reactive ketones (excluding diaryl/α,β-unsaturated/α-hetero) is 1. The van der Waals surface area contributed by atoms with Crippen molar-refractivity contribution in [2.24, 2.45) is 5.92 Å². The van der Waals surface area contributed by atoms with E-state index in [1.54, 1.807) is 0 Å². The Kier molecular flexibility index (Phi) is 6.01. The molecule has 0 heterocycles. The molecule has 0 rings (SSSR count). The van der Waals surface area contributed by atoms with Gasteiger partial charge in [-0.15, -0.1) is 0 Å². The average Bonchev–Trinajstić information content (AvgIpc) is 1.95. The van der Waals surface area contributed by atoms with Crippen LogP contribution >= 0.6 is 0 Å². The molecule has 0 saturated carbocycles. The Bertz CT molecular complexity index is 166. The number of hydrogen-bond acceptors (Lipinski definition) is 2. The maximum Gasteiger partial charge on any atom is 0.133 e. The van der Waals surface area contributed by atoms with Crippen LogP contribution in [0.3, 0.4) is 0 Å². The fourth-order valence-corrected chi connectivity index (χ4v) is 1.21. The largest absolute Gasteiger partial charge is 0.376 e. The van der Waals surface area contributed by atoms with E-state index in [0.29, 0.717) is 31.1 Å². The van der Waals surface area contributed by atoms with E-state index in [1.807, 2.05) is 20.8 Å². The van der Waals surface area contributed by atoms with Gasteiger partial charge in [0, 0.05) is 19.4 Å². The number of rotatable bonds is 6. The van der Waals surface area contributed by atoms with Crippen molar-refractivity contribution >= 4 is 5.78 Å². The van der Waals surface area contributed by atoms with Crippen molar-refractivity contribution in [3.63, 3.8) is 0 Å². The van der Waals surface area contributed by atoms with Crippen molar-refractivity contribution in [1.29, 1.82) is 0 Å². The molecule has 0 aromatic carbocycles. The van der Waals surface area contributed by atoms with Gasteiger partial charge in [-0.1, -0.05) is 13.8 Å². The molecule has 0 fully saturated rings. The van der Waals surface area contributed by atoms with Crippen LogP contribution in [0.5, 0.6) is 0 Å². The molecule has 0 aliphatic carbocycles. The van der Waals surface area contributed by atoms with Gasteiger partial charge in [-0.05, 0) is 33.1 Å². The predicted octanol–water partition coefficient (Wildman–Crippen LogP) is 3.20. The van der Waals surface area contributed by atoms with Gasteiger partial charge < -0.3 is 4.74 Å². The first-order chi connectivity index (χ1) is 6.31. The zero-order valence-electron chi connectivity index (χ0n) is 10.2. The lowest BCUT2D eigenvalue weighted by Crippen LogP contribution is -2.20. The molecule has 0 amide bonds. The maximum absolute atomic E-state index is 11.3. The summed E-state index contributed by atoms with van der Waals surface area (Å²) in [6.45, 7) is 10.9. The highest BCUT2D eigenvalue weighted by Crippen LogP contribution is 2.09. The highest BCUT2D eigenvalue weighted by atomic mass is 16.5. The van der Waals surface area contributed by atoms with Crippen LogP contribution < -0.4 is 0 Å². The Hall–Kier alpha value is -0.370. The third-order valence-corrected chi connectivity index (χ3v) is 1.77. The molecule has 0 aromatic rings. The Morgan fingerprint density at radius 3 is 2.29 bits per heavy atom. The summed E-state index contributed by atoms with van der Waals surface area (Å²) in [6, 6.07) is 0. The van der Waals surface area contributed by atoms with E-state index < -0.39 is 0 Å². The fourth-order valence-electron chi connectivity index (χ4n) is 1.21. The summed E-state index contributed by atoms with van der Waals surface area (Å²) >= 11 is 0. The average molecular weight is 200 g/mol. The lowest BCUT2D eigenvalue weighted by Gasteiger charge is -2.19. The van der Waals surface area contributed by atoms with Gasteiger partial charge in [0.15, 0.2) is 0 Å².